The van der Waals surface area contributed by atoms with Gasteiger partial charge in [0.15, 0.2) is 0 Å². The van der Waals surface area contributed by atoms with Crippen molar-refractivity contribution in [2.45, 2.75) is 114 Å². The van der Waals surface area contributed by atoms with Crippen LogP contribution in [0.1, 0.15) is 70.8 Å². The van der Waals surface area contributed by atoms with Crippen LogP contribution in [0.15, 0.2) is 30.3 Å². The highest BCUT2D eigenvalue weighted by Crippen LogP contribution is 2.10. The molecule has 0 radical (unpaired) electrons. The van der Waals surface area contributed by atoms with Crippen LogP contribution in [0.4, 0.5) is 0 Å². The number of nitrogens with one attached hydrogen (secondary N) is 6. The van der Waals surface area contributed by atoms with E-state index in [1.165, 1.54) is 0 Å². The molecule has 0 aromatic heterocycles. The molecule has 24 heteroatoms. The summed E-state index contributed by atoms with van der Waals surface area (Å²) in [7, 11) is 0. The lowest BCUT2D eigenvalue weighted by Crippen LogP contribution is -2.60. The van der Waals surface area contributed by atoms with Crippen molar-refractivity contribution in [3.8, 4) is 0 Å². The number of primary amides is 1. The zero-order valence-electron chi connectivity index (χ0n) is 33.5. The van der Waals surface area contributed by atoms with E-state index >= 15 is 0 Å². The van der Waals surface area contributed by atoms with E-state index in [0.717, 1.165) is 0 Å². The molecule has 1 aromatic rings. The van der Waals surface area contributed by atoms with Gasteiger partial charge in [0.2, 0.25) is 41.4 Å². The van der Waals surface area contributed by atoms with Crippen molar-refractivity contribution < 1.29 is 78.3 Å². The third-order valence-electron chi connectivity index (χ3n) is 8.89. The van der Waals surface area contributed by atoms with Gasteiger partial charge in [-0.25, -0.2) is 4.79 Å². The van der Waals surface area contributed by atoms with Crippen LogP contribution in [0.2, 0.25) is 0 Å². The summed E-state index contributed by atoms with van der Waals surface area (Å²) in [6, 6.07) is -3.23. The maximum Gasteiger partial charge on any atom is 0.328 e. The van der Waals surface area contributed by atoms with Gasteiger partial charge in [0, 0.05) is 32.1 Å². The third-order valence-corrected chi connectivity index (χ3v) is 8.89. The topological polar surface area (TPSA) is 413 Å². The molecule has 0 bridgehead atoms. The van der Waals surface area contributed by atoms with Crippen LogP contribution in [0.5, 0.6) is 0 Å². The smallest absolute Gasteiger partial charge is 0.328 e. The highest BCUT2D eigenvalue weighted by Gasteiger charge is 2.34. The monoisotopic (exact) mass is 866 g/mol. The Labute approximate surface area is 348 Å². The number of carboxylic acids is 4. The molecule has 0 unspecified atom stereocenters. The molecule has 0 heterocycles. The third kappa shape index (κ3) is 20.2. The molecule has 24 nitrogen and oxygen atoms in total. The average molecular weight is 867 g/mol. The van der Waals surface area contributed by atoms with Crippen LogP contribution >= 0.6 is 0 Å². The van der Waals surface area contributed by atoms with E-state index in [0.29, 0.717) is 5.56 Å². The van der Waals surface area contributed by atoms with Crippen LogP contribution in [-0.2, 0) is 59.2 Å². The number of rotatable bonds is 29. The van der Waals surface area contributed by atoms with Gasteiger partial charge in [-0.1, -0.05) is 44.2 Å². The maximum atomic E-state index is 14.0. The predicted molar refractivity (Wildman–Crippen MR) is 208 cm³/mol. The number of hydrogen-bond donors (Lipinski definition) is 13. The summed E-state index contributed by atoms with van der Waals surface area (Å²) in [5, 5.41) is 59.8. The Hall–Kier alpha value is -6.69. The Morgan fingerprint density at radius 1 is 0.508 bits per heavy atom. The van der Waals surface area contributed by atoms with Crippen LogP contribution < -0.4 is 43.4 Å². The summed E-state index contributed by atoms with van der Waals surface area (Å²) in [6.45, 7) is 2.19. The molecule has 0 fully saturated rings. The molecule has 0 saturated carbocycles. The fourth-order valence-corrected chi connectivity index (χ4v) is 5.34. The van der Waals surface area contributed by atoms with Gasteiger partial charge in [-0.3, -0.25) is 47.9 Å². The first kappa shape index (κ1) is 52.3. The molecule has 7 amide bonds. The first-order valence-corrected chi connectivity index (χ1v) is 18.9. The lowest BCUT2D eigenvalue weighted by molar-refractivity contribution is -0.144. The van der Waals surface area contributed by atoms with Gasteiger partial charge in [0.05, 0.1) is 12.6 Å². The standard InChI is InChI=1S/C37H54N8O16/c1-18(2)30(39)36(59)43-23(11-15-29(52)53)33(56)44-24(16-19-6-4-3-5-7-19)35(58)42-20(8-12-26(38)47)31(54)40-21(9-13-27(48)49)32(55)41-22(10-14-28(50)51)34(57)45-25(17-46)37(60)61/h3-7,18,20-25,30,46H,8-17,39H2,1-2H3,(H2,38,47)(H,40,54)(H,41,55)(H,42,58)(H,43,59)(H,44,56)(H,45,57)(H,48,49)(H,50,51)(H,52,53)(H,60,61)/t20-,21-,22-,23-,24-,25-,30-/m0/s1. The summed E-state index contributed by atoms with van der Waals surface area (Å²) in [5.41, 5.74) is 11.7. The molecule has 0 saturated heterocycles. The minimum absolute atomic E-state index is 0.240. The summed E-state index contributed by atoms with van der Waals surface area (Å²) >= 11 is 0. The molecule has 15 N–H and O–H groups in total. The largest absolute Gasteiger partial charge is 0.481 e. The summed E-state index contributed by atoms with van der Waals surface area (Å²) in [4.78, 5) is 138. The molecule has 7 atom stereocenters. The van der Waals surface area contributed by atoms with Crippen LogP contribution in [0.3, 0.4) is 0 Å². The fraction of sp³-hybridized carbons (Fsp3) is 0.541. The lowest BCUT2D eigenvalue weighted by atomic mass is 10.0. The first-order chi connectivity index (χ1) is 28.5. The quantitative estimate of drug-likeness (QED) is 0.0365. The Bertz CT molecular complexity index is 1740. The number of nitrogens with two attached hydrogens (primary N) is 2. The Morgan fingerprint density at radius 2 is 0.836 bits per heavy atom. The van der Waals surface area contributed by atoms with Crippen molar-refractivity contribution in [2.24, 2.45) is 17.4 Å². The molecule has 61 heavy (non-hydrogen) atoms. The average Bonchev–Trinajstić information content (AvgIpc) is 3.18. The predicted octanol–water partition coefficient (Wildman–Crippen LogP) is -3.94. The van der Waals surface area contributed by atoms with Gasteiger partial charge in [-0.15, -0.1) is 0 Å². The van der Waals surface area contributed by atoms with E-state index in [9.17, 15) is 73.2 Å². The Morgan fingerprint density at radius 3 is 1.16 bits per heavy atom. The molecule has 0 aliphatic carbocycles. The number of aliphatic hydroxyl groups excluding tert-OH is 1. The highest BCUT2D eigenvalue weighted by atomic mass is 16.4. The van der Waals surface area contributed by atoms with Gasteiger partial charge < -0.3 is 68.9 Å². The second-order valence-electron chi connectivity index (χ2n) is 14.1. The second kappa shape index (κ2) is 26.4. The van der Waals surface area contributed by atoms with Gasteiger partial charge in [0.25, 0.3) is 0 Å². The molecule has 0 aliphatic rings. The lowest BCUT2D eigenvalue weighted by Gasteiger charge is -2.27. The van der Waals surface area contributed by atoms with Crippen molar-refractivity contribution in [3.05, 3.63) is 35.9 Å². The van der Waals surface area contributed by atoms with E-state index in [1.807, 2.05) is 5.32 Å². The van der Waals surface area contributed by atoms with Crippen LogP contribution in [0.25, 0.3) is 0 Å². The molecular weight excluding hydrogens is 812 g/mol. The van der Waals surface area contributed by atoms with Crippen LogP contribution in [-0.4, -0.2) is 140 Å². The highest BCUT2D eigenvalue weighted by molar-refractivity contribution is 5.97. The van der Waals surface area contributed by atoms with Crippen molar-refractivity contribution in [3.63, 3.8) is 0 Å². The van der Waals surface area contributed by atoms with Gasteiger partial charge in [-0.05, 0) is 37.2 Å². The molecule has 338 valence electrons. The number of aliphatic carboxylic acids is 4. The molecule has 0 aliphatic heterocycles. The number of carbonyl (C=O) groups excluding carboxylic acids is 7. The molecule has 1 aromatic carbocycles. The summed E-state index contributed by atoms with van der Waals surface area (Å²) in [5.74, 6) is -13.7. The Balaban J connectivity index is 3.54. The SMILES string of the molecule is CC(C)[C@H](N)C(=O)N[C@@H](CCC(=O)O)C(=O)N[C@@H](Cc1ccccc1)C(=O)N[C@@H](CCC(N)=O)C(=O)N[C@@H](CCC(=O)O)C(=O)N[C@@H](CCC(=O)O)C(=O)N[C@@H](CO)C(=O)O. The van der Waals surface area contributed by atoms with Crippen molar-refractivity contribution in [2.75, 3.05) is 6.61 Å². The summed E-state index contributed by atoms with van der Waals surface area (Å²) in [6.07, 6.45) is -5.05. The van der Waals surface area contributed by atoms with E-state index < -0.39 is 165 Å². The zero-order valence-corrected chi connectivity index (χ0v) is 33.5. The van der Waals surface area contributed by atoms with Crippen molar-refractivity contribution in [1.82, 2.24) is 31.9 Å². The minimum atomic E-state index is -1.86. The fourth-order valence-electron chi connectivity index (χ4n) is 5.34. The second-order valence-corrected chi connectivity index (χ2v) is 14.1. The molecule has 0 spiro atoms. The van der Waals surface area contributed by atoms with E-state index in [2.05, 4.69) is 26.6 Å². The summed E-state index contributed by atoms with van der Waals surface area (Å²) < 4.78 is 0. The van der Waals surface area contributed by atoms with Crippen molar-refractivity contribution >= 4 is 65.2 Å². The van der Waals surface area contributed by atoms with Crippen LogP contribution in [0, 0.1) is 5.92 Å². The van der Waals surface area contributed by atoms with Gasteiger partial charge in [0.1, 0.15) is 36.3 Å². The molecule has 1 rings (SSSR count). The number of benzene rings is 1. The normalized spacial score (nSPS) is 14.3. The van der Waals surface area contributed by atoms with E-state index in [-0.39, 0.29) is 12.3 Å². The molecular formula is C37H54N8O16. The zero-order chi connectivity index (χ0) is 46.4. The number of aliphatic hydroxyl groups is 1. The van der Waals surface area contributed by atoms with E-state index in [4.69, 9.17) is 16.6 Å². The number of hydrogen-bond acceptors (Lipinski definition) is 13. The first-order valence-electron chi connectivity index (χ1n) is 18.9. The number of amides is 7. The number of carboxylic acid groups (broad SMARTS) is 4. The minimum Gasteiger partial charge on any atom is -0.481 e. The van der Waals surface area contributed by atoms with Crippen molar-refractivity contribution in [1.29, 1.82) is 0 Å². The van der Waals surface area contributed by atoms with Gasteiger partial charge >= 0.3 is 23.9 Å². The van der Waals surface area contributed by atoms with E-state index in [1.54, 1.807) is 44.2 Å². The number of carbonyl (C=O) groups is 11. The maximum absolute atomic E-state index is 14.0. The Kier molecular flexibility index (Phi) is 22.7. The van der Waals surface area contributed by atoms with Gasteiger partial charge in [-0.2, -0.15) is 0 Å².